The summed E-state index contributed by atoms with van der Waals surface area (Å²) < 4.78 is 73.3. The summed E-state index contributed by atoms with van der Waals surface area (Å²) in [6.45, 7) is -2.09. The van der Waals surface area contributed by atoms with Crippen molar-refractivity contribution in [2.24, 2.45) is 5.11 Å². The van der Waals surface area contributed by atoms with Crippen molar-refractivity contribution < 1.29 is 51.3 Å². The highest BCUT2D eigenvalue weighted by Crippen LogP contribution is 2.49. The fraction of sp³-hybridized carbons (Fsp3) is 0.375. The third-order valence-corrected chi connectivity index (χ3v) is 7.84. The highest BCUT2D eigenvalue weighted by atomic mass is 31.2. The summed E-state index contributed by atoms with van der Waals surface area (Å²) in [5.41, 5.74) is 4.77. The Morgan fingerprint density at radius 1 is 1.25 bits per heavy atom. The molecular formula is C24H24F3N6O10P. The van der Waals surface area contributed by atoms with Crippen molar-refractivity contribution in [2.45, 2.75) is 43.3 Å². The van der Waals surface area contributed by atoms with E-state index in [9.17, 15) is 47.9 Å². The topological polar surface area (TPSA) is 227 Å². The molecule has 0 saturated carbocycles. The van der Waals surface area contributed by atoms with E-state index in [1.807, 2.05) is 4.98 Å². The molecule has 0 bridgehead atoms. The molecule has 16 nitrogen and oxygen atoms in total. The third kappa shape index (κ3) is 7.28. The fourth-order valence-electron chi connectivity index (χ4n) is 4.17. The van der Waals surface area contributed by atoms with Crippen molar-refractivity contribution in [3.05, 3.63) is 86.0 Å². The van der Waals surface area contributed by atoms with Gasteiger partial charge in [0.25, 0.3) is 5.56 Å². The molecule has 0 aliphatic carbocycles. The molecule has 0 amide bonds. The number of esters is 1. The van der Waals surface area contributed by atoms with E-state index in [-0.39, 0.29) is 5.75 Å². The SMILES string of the molecule is C[C@H](NP(=O)(OC[C@@]1(N=[N+]=[N-])O[C@@H](n2ccc(=O)[nH]c2=O)[C@H](O)[C@@H]1O)Oc1cccc2ccccc12)C(=O)OCC(F)(F)F. The van der Waals surface area contributed by atoms with Crippen LogP contribution in [0.2, 0.25) is 0 Å². The number of alkyl halides is 3. The molecule has 1 fully saturated rings. The van der Waals surface area contributed by atoms with Crippen molar-refractivity contribution in [2.75, 3.05) is 13.2 Å². The van der Waals surface area contributed by atoms with Gasteiger partial charge in [-0.15, -0.1) is 0 Å². The van der Waals surface area contributed by atoms with Crippen LogP contribution in [-0.2, 0) is 23.4 Å². The van der Waals surface area contributed by atoms with Crippen molar-refractivity contribution in [1.29, 1.82) is 0 Å². The van der Waals surface area contributed by atoms with E-state index in [1.165, 1.54) is 12.1 Å². The lowest BCUT2D eigenvalue weighted by molar-refractivity contribution is -0.187. The number of fused-ring (bicyclic) bond motifs is 1. The zero-order valence-electron chi connectivity index (χ0n) is 22.5. The van der Waals surface area contributed by atoms with Gasteiger partial charge in [-0.2, -0.15) is 18.3 Å². The number of hydrogen-bond acceptors (Lipinski definition) is 11. The van der Waals surface area contributed by atoms with Crippen LogP contribution in [0.15, 0.2) is 69.4 Å². The minimum absolute atomic E-state index is 0.0711. The maximum atomic E-state index is 14.1. The molecule has 1 aliphatic heterocycles. The number of aromatic amines is 1. The molecule has 44 heavy (non-hydrogen) atoms. The lowest BCUT2D eigenvalue weighted by atomic mass is 10.1. The molecule has 2 heterocycles. The Balaban J connectivity index is 1.66. The normalized spacial score (nSPS) is 23.8. The summed E-state index contributed by atoms with van der Waals surface area (Å²) in [7, 11) is -4.90. The fourth-order valence-corrected chi connectivity index (χ4v) is 5.70. The molecule has 1 unspecified atom stereocenters. The number of H-pyrrole nitrogens is 1. The van der Waals surface area contributed by atoms with Gasteiger partial charge in [0.1, 0.15) is 24.0 Å². The van der Waals surface area contributed by atoms with E-state index >= 15 is 0 Å². The van der Waals surface area contributed by atoms with Gasteiger partial charge in [0.15, 0.2) is 12.8 Å². The van der Waals surface area contributed by atoms with Crippen molar-refractivity contribution in [3.8, 4) is 5.75 Å². The molecule has 1 aromatic heterocycles. The van der Waals surface area contributed by atoms with Crippen LogP contribution in [0, 0.1) is 0 Å². The number of azide groups is 1. The Hall–Kier alpha value is -4.22. The molecule has 4 rings (SSSR count). The van der Waals surface area contributed by atoms with Gasteiger partial charge in [-0.3, -0.25) is 23.7 Å². The van der Waals surface area contributed by atoms with Crippen LogP contribution < -0.4 is 20.9 Å². The predicted octanol–water partition coefficient (Wildman–Crippen LogP) is 2.23. The lowest BCUT2D eigenvalue weighted by Gasteiger charge is -2.29. The Morgan fingerprint density at radius 2 is 1.95 bits per heavy atom. The number of aromatic nitrogens is 2. The number of rotatable bonds is 11. The standard InChI is InChI=1S/C24H24F3N6O10P/c1-13(21(37)40-12-24(25,26)27)30-44(39,43-16-8-4-6-14-5-2-3-7-15(14)16)41-11-23(31-32-28)19(36)18(35)20(42-23)33-10-9-17(34)29-22(33)38/h2-10,13,18-20,35-36H,11-12H2,1H3,(H,30,39)(H,29,34,38)/t13-,18+,19-,20+,23+,44?/m0/s1. The second-order valence-electron chi connectivity index (χ2n) is 9.41. The maximum Gasteiger partial charge on any atom is 0.459 e. The number of benzene rings is 2. The highest BCUT2D eigenvalue weighted by molar-refractivity contribution is 7.52. The first-order chi connectivity index (χ1) is 20.7. The second-order valence-corrected chi connectivity index (χ2v) is 11.1. The Bertz CT molecular complexity index is 1740. The summed E-state index contributed by atoms with van der Waals surface area (Å²) >= 11 is 0. The van der Waals surface area contributed by atoms with Crippen LogP contribution in [0.1, 0.15) is 13.2 Å². The van der Waals surface area contributed by atoms with E-state index in [0.717, 1.165) is 19.2 Å². The van der Waals surface area contributed by atoms with E-state index in [4.69, 9.17) is 13.8 Å². The summed E-state index contributed by atoms with van der Waals surface area (Å²) in [5, 5.41) is 28.0. The number of carbonyl (C=O) groups is 1. The van der Waals surface area contributed by atoms with E-state index in [0.29, 0.717) is 15.3 Å². The minimum Gasteiger partial charge on any atom is -0.455 e. The van der Waals surface area contributed by atoms with Crippen molar-refractivity contribution in [1.82, 2.24) is 14.6 Å². The Morgan fingerprint density at radius 3 is 2.64 bits per heavy atom. The number of nitrogens with one attached hydrogen (secondary N) is 2. The summed E-state index contributed by atoms with van der Waals surface area (Å²) in [4.78, 5) is 40.5. The quantitative estimate of drug-likeness (QED) is 0.0778. The number of ether oxygens (including phenoxy) is 2. The van der Waals surface area contributed by atoms with E-state index in [1.54, 1.807) is 30.3 Å². The number of hydrogen-bond donors (Lipinski definition) is 4. The predicted molar refractivity (Wildman–Crippen MR) is 143 cm³/mol. The summed E-state index contributed by atoms with van der Waals surface area (Å²) in [6, 6.07) is 10.4. The number of aliphatic hydroxyl groups is 2. The van der Waals surface area contributed by atoms with Gasteiger partial charge in [0, 0.05) is 22.6 Å². The summed E-state index contributed by atoms with van der Waals surface area (Å²) in [6.07, 6.45) is -9.79. The first-order valence-corrected chi connectivity index (χ1v) is 14.1. The number of halogens is 3. The Labute approximate surface area is 244 Å². The van der Waals surface area contributed by atoms with E-state index < -0.39 is 74.6 Å². The molecule has 1 aliphatic rings. The van der Waals surface area contributed by atoms with Gasteiger partial charge in [0.05, 0.1) is 6.61 Å². The van der Waals surface area contributed by atoms with Crippen LogP contribution >= 0.6 is 7.75 Å². The van der Waals surface area contributed by atoms with Gasteiger partial charge in [-0.1, -0.05) is 41.5 Å². The third-order valence-electron chi connectivity index (χ3n) is 6.23. The average molecular weight is 644 g/mol. The van der Waals surface area contributed by atoms with Gasteiger partial charge in [0.2, 0.25) is 5.72 Å². The van der Waals surface area contributed by atoms with Crippen LogP contribution in [0.5, 0.6) is 5.75 Å². The molecule has 3 aromatic rings. The van der Waals surface area contributed by atoms with Crippen LogP contribution in [0.25, 0.3) is 21.2 Å². The molecule has 0 radical (unpaired) electrons. The molecular weight excluding hydrogens is 620 g/mol. The van der Waals surface area contributed by atoms with E-state index in [2.05, 4.69) is 19.9 Å². The first-order valence-electron chi connectivity index (χ1n) is 12.5. The van der Waals surface area contributed by atoms with Gasteiger partial charge >= 0.3 is 25.6 Å². The van der Waals surface area contributed by atoms with Gasteiger partial charge < -0.3 is 24.2 Å². The Kier molecular flexibility index (Phi) is 9.50. The first kappa shape index (κ1) is 32.7. The second kappa shape index (κ2) is 12.8. The van der Waals surface area contributed by atoms with Gasteiger partial charge in [-0.25, -0.2) is 9.36 Å². The zero-order chi connectivity index (χ0) is 32.3. The number of aliphatic hydroxyl groups excluding tert-OH is 2. The number of nitrogens with zero attached hydrogens (tertiary/aromatic N) is 4. The molecule has 236 valence electrons. The van der Waals surface area contributed by atoms with Crippen LogP contribution in [0.3, 0.4) is 0 Å². The molecule has 6 atom stereocenters. The zero-order valence-corrected chi connectivity index (χ0v) is 23.3. The minimum atomic E-state index is -4.90. The van der Waals surface area contributed by atoms with Crippen LogP contribution in [0.4, 0.5) is 13.2 Å². The summed E-state index contributed by atoms with van der Waals surface area (Å²) in [5.74, 6) is -1.55. The molecule has 0 spiro atoms. The van der Waals surface area contributed by atoms with Crippen LogP contribution in [-0.4, -0.2) is 69.1 Å². The average Bonchev–Trinajstić information content (AvgIpc) is 3.20. The molecule has 1 saturated heterocycles. The molecule has 4 N–H and O–H groups in total. The molecule has 2 aromatic carbocycles. The number of carbonyl (C=O) groups excluding carboxylic acids is 1. The largest absolute Gasteiger partial charge is 0.459 e. The monoisotopic (exact) mass is 644 g/mol. The van der Waals surface area contributed by atoms with Crippen molar-refractivity contribution >= 4 is 24.5 Å². The van der Waals surface area contributed by atoms with Crippen molar-refractivity contribution in [3.63, 3.8) is 0 Å². The lowest BCUT2D eigenvalue weighted by Crippen LogP contribution is -2.46. The highest BCUT2D eigenvalue weighted by Gasteiger charge is 2.56. The smallest absolute Gasteiger partial charge is 0.455 e. The van der Waals surface area contributed by atoms with Gasteiger partial charge in [-0.05, 0) is 23.9 Å². The maximum absolute atomic E-state index is 14.1. The molecule has 20 heteroatoms.